The fraction of sp³-hybridized carbons (Fsp3) is 0.231. The molecule has 1 aromatic rings. The molecule has 0 saturated carbocycles. The Bertz CT molecular complexity index is 529. The minimum absolute atomic E-state index is 0.0142. The molecule has 1 aliphatic rings. The first-order valence-corrected chi connectivity index (χ1v) is 6.81. The molecular formula is C13H13NO2S2. The molecule has 2 rings (SSSR count). The molecule has 18 heavy (non-hydrogen) atoms. The Balaban J connectivity index is 2.20. The first-order chi connectivity index (χ1) is 8.61. The molecule has 2 heterocycles. The van der Waals surface area contributed by atoms with E-state index in [9.17, 15) is 4.79 Å². The molecular weight excluding hydrogens is 266 g/mol. The first kappa shape index (κ1) is 13.1. The molecule has 0 aromatic carbocycles. The molecule has 0 radical (unpaired) electrons. The average molecular weight is 279 g/mol. The van der Waals surface area contributed by atoms with E-state index in [1.807, 2.05) is 38.1 Å². The van der Waals surface area contributed by atoms with Gasteiger partial charge in [0.15, 0.2) is 0 Å². The average Bonchev–Trinajstić information content (AvgIpc) is 2.89. The number of allylic oxidation sites excluding steroid dienone is 2. The molecule has 1 saturated heterocycles. The molecule has 0 bridgehead atoms. The van der Waals surface area contributed by atoms with Crippen molar-refractivity contribution in [3.05, 3.63) is 40.7 Å². The second-order valence-corrected chi connectivity index (χ2v) is 5.51. The quantitative estimate of drug-likeness (QED) is 0.627. The van der Waals surface area contributed by atoms with E-state index in [1.54, 1.807) is 11.2 Å². The van der Waals surface area contributed by atoms with Crippen molar-refractivity contribution < 1.29 is 9.21 Å². The van der Waals surface area contributed by atoms with Crippen LogP contribution in [0.15, 0.2) is 39.4 Å². The summed E-state index contributed by atoms with van der Waals surface area (Å²) in [7, 11) is 0. The number of thioether (sulfide) groups is 1. The summed E-state index contributed by atoms with van der Waals surface area (Å²) < 4.78 is 5.85. The van der Waals surface area contributed by atoms with Gasteiger partial charge in [0, 0.05) is 6.54 Å². The van der Waals surface area contributed by atoms with Crippen LogP contribution in [0.2, 0.25) is 0 Å². The van der Waals surface area contributed by atoms with Gasteiger partial charge in [-0.15, -0.1) is 0 Å². The van der Waals surface area contributed by atoms with Crippen LogP contribution < -0.4 is 0 Å². The molecule has 1 aliphatic heterocycles. The van der Waals surface area contributed by atoms with Crippen LogP contribution in [0.3, 0.4) is 0 Å². The largest absolute Gasteiger partial charge is 0.465 e. The number of hydrogen-bond donors (Lipinski definition) is 0. The van der Waals surface area contributed by atoms with Crippen LogP contribution in [-0.4, -0.2) is 21.7 Å². The van der Waals surface area contributed by atoms with Crippen LogP contribution in [0, 0.1) is 0 Å². The van der Waals surface area contributed by atoms with E-state index in [2.05, 4.69) is 0 Å². The van der Waals surface area contributed by atoms with Gasteiger partial charge in [0.05, 0.1) is 11.2 Å². The number of carbonyl (C=O) groups is 1. The Kier molecular flexibility index (Phi) is 4.04. The van der Waals surface area contributed by atoms with Crippen LogP contribution in [0.4, 0.5) is 0 Å². The normalized spacial score (nSPS) is 19.1. The number of hydrogen-bond acceptors (Lipinski definition) is 4. The van der Waals surface area contributed by atoms with Gasteiger partial charge >= 0.3 is 0 Å². The topological polar surface area (TPSA) is 33.5 Å². The Morgan fingerprint density at radius 2 is 2.39 bits per heavy atom. The van der Waals surface area contributed by atoms with Crippen molar-refractivity contribution in [2.75, 3.05) is 6.54 Å². The van der Waals surface area contributed by atoms with E-state index >= 15 is 0 Å². The molecule has 0 aliphatic carbocycles. The lowest BCUT2D eigenvalue weighted by atomic mass is 10.2. The molecule has 94 valence electrons. The van der Waals surface area contributed by atoms with Crippen molar-refractivity contribution >= 4 is 40.3 Å². The highest BCUT2D eigenvalue weighted by Gasteiger charge is 2.30. The summed E-state index contributed by atoms with van der Waals surface area (Å²) in [6.07, 6.45) is 5.35. The van der Waals surface area contributed by atoms with E-state index in [-0.39, 0.29) is 5.91 Å². The van der Waals surface area contributed by atoms with Gasteiger partial charge in [-0.3, -0.25) is 9.69 Å². The lowest BCUT2D eigenvalue weighted by Gasteiger charge is -2.09. The third-order valence-corrected chi connectivity index (χ3v) is 3.84. The Hall–Kier alpha value is -1.33. The highest BCUT2D eigenvalue weighted by molar-refractivity contribution is 8.26. The molecule has 0 spiro atoms. The monoisotopic (exact) mass is 279 g/mol. The van der Waals surface area contributed by atoms with E-state index in [1.165, 1.54) is 11.8 Å². The number of nitrogens with zero attached hydrogens (tertiary/aromatic N) is 1. The molecule has 1 fully saturated rings. The van der Waals surface area contributed by atoms with E-state index < -0.39 is 0 Å². The highest BCUT2D eigenvalue weighted by atomic mass is 32.2. The van der Waals surface area contributed by atoms with Crippen molar-refractivity contribution in [3.8, 4) is 0 Å². The van der Waals surface area contributed by atoms with Gasteiger partial charge in [-0.25, -0.2) is 0 Å². The standard InChI is InChI=1S/C13H13NO2S2/c1-3-14-12(15)11(18-13(14)17)8-9(2)7-10-5-4-6-16-10/h4-8H,3H2,1-2H3. The number of carbonyl (C=O) groups excluding carboxylic acids is 1. The maximum Gasteiger partial charge on any atom is 0.266 e. The summed E-state index contributed by atoms with van der Waals surface area (Å²) in [6, 6.07) is 3.70. The molecule has 0 N–H and O–H groups in total. The van der Waals surface area contributed by atoms with E-state index in [4.69, 9.17) is 16.6 Å². The molecule has 0 unspecified atom stereocenters. The summed E-state index contributed by atoms with van der Waals surface area (Å²) in [5, 5.41) is 0. The van der Waals surface area contributed by atoms with Crippen LogP contribution in [0.1, 0.15) is 19.6 Å². The van der Waals surface area contributed by atoms with Gasteiger partial charge in [-0.1, -0.05) is 24.0 Å². The van der Waals surface area contributed by atoms with Gasteiger partial charge in [-0.05, 0) is 43.7 Å². The maximum atomic E-state index is 12.0. The minimum Gasteiger partial charge on any atom is -0.465 e. The lowest BCUT2D eigenvalue weighted by Crippen LogP contribution is -2.27. The predicted molar refractivity (Wildman–Crippen MR) is 78.0 cm³/mol. The second kappa shape index (κ2) is 5.54. The molecule has 0 atom stereocenters. The number of furan rings is 1. The summed E-state index contributed by atoms with van der Waals surface area (Å²) in [4.78, 5) is 14.3. The highest BCUT2D eigenvalue weighted by Crippen LogP contribution is 2.31. The van der Waals surface area contributed by atoms with Crippen molar-refractivity contribution in [2.45, 2.75) is 13.8 Å². The predicted octanol–water partition coefficient (Wildman–Crippen LogP) is 3.45. The maximum absolute atomic E-state index is 12.0. The third-order valence-electron chi connectivity index (χ3n) is 2.46. The summed E-state index contributed by atoms with van der Waals surface area (Å²) >= 11 is 6.50. The zero-order valence-corrected chi connectivity index (χ0v) is 11.8. The number of likely N-dealkylation sites (N-methyl/N-ethyl adjacent to an activating group) is 1. The zero-order valence-electron chi connectivity index (χ0n) is 10.2. The van der Waals surface area contributed by atoms with Gasteiger partial charge in [-0.2, -0.15) is 0 Å². The number of thiocarbonyl (C=S) groups is 1. The van der Waals surface area contributed by atoms with E-state index in [0.717, 1.165) is 11.3 Å². The first-order valence-electron chi connectivity index (χ1n) is 5.59. The molecule has 3 nitrogen and oxygen atoms in total. The van der Waals surface area contributed by atoms with Crippen molar-refractivity contribution in [2.24, 2.45) is 0 Å². The lowest BCUT2D eigenvalue weighted by molar-refractivity contribution is -0.122. The smallest absolute Gasteiger partial charge is 0.266 e. The van der Waals surface area contributed by atoms with Gasteiger partial charge in [0.2, 0.25) is 0 Å². The Labute approximate surface area is 116 Å². The second-order valence-electron chi connectivity index (χ2n) is 3.83. The van der Waals surface area contributed by atoms with Crippen molar-refractivity contribution in [1.82, 2.24) is 4.90 Å². The number of amides is 1. The summed E-state index contributed by atoms with van der Waals surface area (Å²) in [5.74, 6) is 0.759. The van der Waals surface area contributed by atoms with Crippen molar-refractivity contribution in [3.63, 3.8) is 0 Å². The van der Waals surface area contributed by atoms with Crippen LogP contribution >= 0.6 is 24.0 Å². The van der Waals surface area contributed by atoms with Crippen LogP contribution in [0.5, 0.6) is 0 Å². The van der Waals surface area contributed by atoms with Crippen LogP contribution in [0.25, 0.3) is 6.08 Å². The number of rotatable bonds is 3. The Morgan fingerprint density at radius 1 is 1.61 bits per heavy atom. The van der Waals surface area contributed by atoms with Gasteiger partial charge in [0.1, 0.15) is 10.1 Å². The van der Waals surface area contributed by atoms with E-state index in [0.29, 0.717) is 15.8 Å². The Morgan fingerprint density at radius 3 is 2.94 bits per heavy atom. The molecule has 1 amide bonds. The molecule has 1 aromatic heterocycles. The fourth-order valence-corrected chi connectivity index (χ4v) is 3.05. The molecule has 5 heteroatoms. The SMILES string of the molecule is CCN1C(=O)C(=CC(C)=Cc2ccco2)SC1=S. The van der Waals surface area contributed by atoms with Gasteiger partial charge in [0.25, 0.3) is 5.91 Å². The van der Waals surface area contributed by atoms with Crippen molar-refractivity contribution in [1.29, 1.82) is 0 Å². The minimum atomic E-state index is -0.0142. The zero-order chi connectivity index (χ0) is 13.1. The van der Waals surface area contributed by atoms with Crippen LogP contribution in [-0.2, 0) is 4.79 Å². The fourth-order valence-electron chi connectivity index (χ4n) is 1.62. The summed E-state index contributed by atoms with van der Waals surface area (Å²) in [6.45, 7) is 4.46. The third kappa shape index (κ3) is 2.73. The van der Waals surface area contributed by atoms with Gasteiger partial charge < -0.3 is 4.42 Å². The summed E-state index contributed by atoms with van der Waals surface area (Å²) in [5.41, 5.74) is 0.960.